The number of carbonyl (C=O) groups is 1. The van der Waals surface area contributed by atoms with Crippen molar-refractivity contribution in [2.75, 3.05) is 5.32 Å². The third-order valence-corrected chi connectivity index (χ3v) is 4.55. The summed E-state index contributed by atoms with van der Waals surface area (Å²) in [4.78, 5) is 11.4. The van der Waals surface area contributed by atoms with Crippen LogP contribution in [0.25, 0.3) is 0 Å². The van der Waals surface area contributed by atoms with E-state index in [4.69, 9.17) is 11.6 Å². The Balaban J connectivity index is 1.87. The smallest absolute Gasteiger partial charge is 0.228 e. The van der Waals surface area contributed by atoms with E-state index in [1.807, 2.05) is 6.07 Å². The van der Waals surface area contributed by atoms with Crippen molar-refractivity contribution in [1.82, 2.24) is 0 Å². The van der Waals surface area contributed by atoms with Crippen LogP contribution in [0.3, 0.4) is 0 Å². The second-order valence-corrected chi connectivity index (χ2v) is 6.01. The molecule has 3 nitrogen and oxygen atoms in total. The van der Waals surface area contributed by atoms with Crippen LogP contribution < -0.4 is 5.32 Å². The molecule has 0 aromatic heterocycles. The van der Waals surface area contributed by atoms with E-state index in [0.717, 1.165) is 24.0 Å². The molecular formula is C15H18ClNO2. The first-order valence-corrected chi connectivity index (χ1v) is 7.33. The van der Waals surface area contributed by atoms with Crippen LogP contribution in [0, 0.1) is 5.92 Å². The summed E-state index contributed by atoms with van der Waals surface area (Å²) in [6, 6.07) is 3.73. The van der Waals surface area contributed by atoms with E-state index in [1.165, 1.54) is 19.3 Å². The summed E-state index contributed by atoms with van der Waals surface area (Å²) in [6.45, 7) is 0. The van der Waals surface area contributed by atoms with Crippen molar-refractivity contribution in [1.29, 1.82) is 0 Å². The molecular weight excluding hydrogens is 262 g/mol. The molecule has 102 valence electrons. The monoisotopic (exact) mass is 279 g/mol. The Labute approximate surface area is 118 Å². The van der Waals surface area contributed by atoms with Gasteiger partial charge in [-0.25, -0.2) is 0 Å². The lowest BCUT2D eigenvalue weighted by Crippen LogP contribution is -2.16. The Morgan fingerprint density at radius 2 is 2.00 bits per heavy atom. The number of fused-ring (bicyclic) bond motifs is 1. The molecule has 1 aliphatic carbocycles. The second kappa shape index (κ2) is 5.14. The number of anilines is 1. The summed E-state index contributed by atoms with van der Waals surface area (Å²) in [6.07, 6.45) is 5.72. The molecule has 1 unspecified atom stereocenters. The third kappa shape index (κ3) is 2.49. The number of aliphatic hydroxyl groups excluding tert-OH is 1. The summed E-state index contributed by atoms with van der Waals surface area (Å²) >= 11 is 6.20. The predicted molar refractivity (Wildman–Crippen MR) is 75.3 cm³/mol. The van der Waals surface area contributed by atoms with E-state index in [9.17, 15) is 9.90 Å². The summed E-state index contributed by atoms with van der Waals surface area (Å²) in [7, 11) is 0. The normalized spacial score (nSPS) is 21.1. The van der Waals surface area contributed by atoms with Gasteiger partial charge in [0.2, 0.25) is 5.91 Å². The highest BCUT2D eigenvalue weighted by Crippen LogP contribution is 2.39. The number of amides is 1. The predicted octanol–water partition coefficient (Wildman–Crippen LogP) is 3.45. The minimum Gasteiger partial charge on any atom is -0.388 e. The van der Waals surface area contributed by atoms with Crippen LogP contribution in [0.15, 0.2) is 12.1 Å². The van der Waals surface area contributed by atoms with E-state index in [1.54, 1.807) is 6.07 Å². The van der Waals surface area contributed by atoms with Gasteiger partial charge in [-0.3, -0.25) is 4.79 Å². The molecule has 3 rings (SSSR count). The van der Waals surface area contributed by atoms with Gasteiger partial charge < -0.3 is 10.4 Å². The first-order chi connectivity index (χ1) is 9.15. The van der Waals surface area contributed by atoms with Crippen molar-refractivity contribution < 1.29 is 9.90 Å². The number of hydrogen-bond acceptors (Lipinski definition) is 2. The van der Waals surface area contributed by atoms with Gasteiger partial charge in [0.15, 0.2) is 0 Å². The molecule has 0 saturated heterocycles. The molecule has 0 radical (unpaired) electrons. The number of hydrogen-bond donors (Lipinski definition) is 2. The highest BCUT2D eigenvalue weighted by atomic mass is 35.5. The van der Waals surface area contributed by atoms with Crippen molar-refractivity contribution in [3.05, 3.63) is 28.3 Å². The van der Waals surface area contributed by atoms with E-state index < -0.39 is 6.10 Å². The summed E-state index contributed by atoms with van der Waals surface area (Å²) in [5.74, 6) is 0.300. The maximum absolute atomic E-state index is 11.4. The maximum Gasteiger partial charge on any atom is 0.228 e. The third-order valence-electron chi connectivity index (χ3n) is 4.25. The summed E-state index contributed by atoms with van der Waals surface area (Å²) in [5.41, 5.74) is 2.47. The van der Waals surface area contributed by atoms with Crippen LogP contribution in [-0.2, 0) is 11.2 Å². The minimum atomic E-state index is -0.459. The van der Waals surface area contributed by atoms with Crippen molar-refractivity contribution >= 4 is 23.2 Å². The SMILES string of the molecule is O=C1Cc2cc(C(O)C3CCCCC3)cc(Cl)c2N1. The number of carbonyl (C=O) groups excluding carboxylic acids is 1. The molecule has 1 aromatic carbocycles. The zero-order valence-electron chi connectivity index (χ0n) is 10.8. The average Bonchev–Trinajstić information content (AvgIpc) is 2.80. The van der Waals surface area contributed by atoms with Crippen LogP contribution in [0.4, 0.5) is 5.69 Å². The van der Waals surface area contributed by atoms with Gasteiger partial charge in [-0.15, -0.1) is 0 Å². The molecule has 1 heterocycles. The van der Waals surface area contributed by atoms with Crippen LogP contribution in [0.5, 0.6) is 0 Å². The van der Waals surface area contributed by atoms with Gasteiger partial charge in [-0.1, -0.05) is 36.9 Å². The zero-order valence-corrected chi connectivity index (χ0v) is 11.5. The molecule has 1 saturated carbocycles. The molecule has 1 atom stereocenters. The summed E-state index contributed by atoms with van der Waals surface area (Å²) < 4.78 is 0. The first kappa shape index (κ1) is 12.9. The van der Waals surface area contributed by atoms with Gasteiger partial charge in [0, 0.05) is 0 Å². The molecule has 1 aromatic rings. The Morgan fingerprint density at radius 1 is 1.26 bits per heavy atom. The van der Waals surface area contributed by atoms with Gasteiger partial charge in [-0.05, 0) is 36.0 Å². The van der Waals surface area contributed by atoms with Crippen LogP contribution in [0.1, 0.15) is 49.3 Å². The second-order valence-electron chi connectivity index (χ2n) is 5.60. The fraction of sp³-hybridized carbons (Fsp3) is 0.533. The van der Waals surface area contributed by atoms with Crippen LogP contribution >= 0.6 is 11.6 Å². The van der Waals surface area contributed by atoms with Gasteiger partial charge in [0.05, 0.1) is 23.2 Å². The Kier molecular flexibility index (Phi) is 3.50. The van der Waals surface area contributed by atoms with Crippen molar-refractivity contribution in [3.8, 4) is 0 Å². The van der Waals surface area contributed by atoms with Crippen molar-refractivity contribution in [2.45, 2.75) is 44.6 Å². The van der Waals surface area contributed by atoms with Gasteiger partial charge in [0.25, 0.3) is 0 Å². The van der Waals surface area contributed by atoms with E-state index >= 15 is 0 Å². The fourth-order valence-corrected chi connectivity index (χ4v) is 3.51. The van der Waals surface area contributed by atoms with Gasteiger partial charge >= 0.3 is 0 Å². The molecule has 1 fully saturated rings. The van der Waals surface area contributed by atoms with Gasteiger partial charge in [-0.2, -0.15) is 0 Å². The topological polar surface area (TPSA) is 49.3 Å². The number of aliphatic hydroxyl groups is 1. The molecule has 0 spiro atoms. The highest BCUT2D eigenvalue weighted by Gasteiger charge is 2.27. The molecule has 0 bridgehead atoms. The number of nitrogens with one attached hydrogen (secondary N) is 1. The first-order valence-electron chi connectivity index (χ1n) is 6.95. The Hall–Kier alpha value is -1.06. The standard InChI is InChI=1S/C15H18ClNO2/c16-12-7-11(6-10-8-13(18)17-14(10)12)15(19)9-4-2-1-3-5-9/h6-7,9,15,19H,1-5,8H2,(H,17,18). The summed E-state index contributed by atoms with van der Waals surface area (Å²) in [5, 5.41) is 13.8. The lowest BCUT2D eigenvalue weighted by atomic mass is 9.82. The highest BCUT2D eigenvalue weighted by molar-refractivity contribution is 6.34. The Bertz CT molecular complexity index is 509. The molecule has 4 heteroatoms. The lowest BCUT2D eigenvalue weighted by molar-refractivity contribution is -0.115. The zero-order chi connectivity index (χ0) is 13.4. The number of benzene rings is 1. The molecule has 1 amide bonds. The average molecular weight is 280 g/mol. The molecule has 2 aliphatic rings. The Morgan fingerprint density at radius 3 is 2.74 bits per heavy atom. The van der Waals surface area contributed by atoms with Gasteiger partial charge in [0.1, 0.15) is 0 Å². The minimum absolute atomic E-state index is 0.0267. The lowest BCUT2D eigenvalue weighted by Gasteiger charge is -2.27. The number of halogens is 1. The fourth-order valence-electron chi connectivity index (χ4n) is 3.22. The molecule has 1 aliphatic heterocycles. The molecule has 2 N–H and O–H groups in total. The van der Waals surface area contributed by atoms with E-state index in [0.29, 0.717) is 23.0 Å². The quantitative estimate of drug-likeness (QED) is 0.871. The van der Waals surface area contributed by atoms with Crippen molar-refractivity contribution in [3.63, 3.8) is 0 Å². The largest absolute Gasteiger partial charge is 0.388 e. The van der Waals surface area contributed by atoms with Crippen LogP contribution in [0.2, 0.25) is 5.02 Å². The van der Waals surface area contributed by atoms with E-state index in [2.05, 4.69) is 5.32 Å². The molecule has 19 heavy (non-hydrogen) atoms. The van der Waals surface area contributed by atoms with Crippen LogP contribution in [-0.4, -0.2) is 11.0 Å². The number of rotatable bonds is 2. The van der Waals surface area contributed by atoms with Crippen molar-refractivity contribution in [2.24, 2.45) is 5.92 Å². The maximum atomic E-state index is 11.4. The van der Waals surface area contributed by atoms with E-state index in [-0.39, 0.29) is 5.91 Å².